The van der Waals surface area contributed by atoms with E-state index in [2.05, 4.69) is 10.3 Å². The van der Waals surface area contributed by atoms with E-state index in [1.807, 2.05) is 30.9 Å². The third kappa shape index (κ3) is 2.36. The van der Waals surface area contributed by atoms with Crippen LogP contribution < -0.4 is 10.1 Å². The first-order valence-corrected chi connectivity index (χ1v) is 5.64. The quantitative estimate of drug-likeness (QED) is 0.899. The normalized spacial score (nSPS) is 12.4. The predicted molar refractivity (Wildman–Crippen MR) is 67.1 cm³/mol. The Morgan fingerprint density at radius 1 is 1.44 bits per heavy atom. The molecule has 1 aromatic carbocycles. The Kier molecular flexibility index (Phi) is 3.62. The van der Waals surface area contributed by atoms with Gasteiger partial charge < -0.3 is 14.6 Å². The molecule has 2 rings (SSSR count). The molecule has 1 atom stereocenters. The van der Waals surface area contributed by atoms with E-state index in [4.69, 9.17) is 4.74 Å². The van der Waals surface area contributed by atoms with Crippen molar-refractivity contribution >= 4 is 0 Å². The molecule has 0 bridgehead atoms. The van der Waals surface area contributed by atoms with E-state index < -0.39 is 0 Å². The molecule has 0 aliphatic heterocycles. The summed E-state index contributed by atoms with van der Waals surface area (Å²) in [5.41, 5.74) is 1.67. The van der Waals surface area contributed by atoms with Crippen LogP contribution in [0.2, 0.25) is 0 Å². The second-order valence-electron chi connectivity index (χ2n) is 4.08. The van der Waals surface area contributed by atoms with Crippen LogP contribution in [0.15, 0.2) is 30.7 Å². The minimum absolute atomic E-state index is 0.133. The standard InChI is InChI=1S/C13H16FN3O/c1-15-13(11-7-17(2)8-16-11)9-4-5-12(18-3)10(14)6-9/h4-8,13,15H,1-3H3. The van der Waals surface area contributed by atoms with Gasteiger partial charge in [-0.25, -0.2) is 9.37 Å². The molecule has 0 aliphatic carbocycles. The van der Waals surface area contributed by atoms with Gasteiger partial charge in [0.15, 0.2) is 11.6 Å². The van der Waals surface area contributed by atoms with Crippen molar-refractivity contribution < 1.29 is 9.13 Å². The fraction of sp³-hybridized carbons (Fsp3) is 0.308. The molecule has 96 valence electrons. The summed E-state index contributed by atoms with van der Waals surface area (Å²) in [6.45, 7) is 0. The van der Waals surface area contributed by atoms with Gasteiger partial charge in [0.25, 0.3) is 0 Å². The number of hydrogen-bond donors (Lipinski definition) is 1. The average molecular weight is 249 g/mol. The van der Waals surface area contributed by atoms with Crippen LogP contribution in [0.4, 0.5) is 4.39 Å². The number of nitrogens with zero attached hydrogens (tertiary/aromatic N) is 2. The molecule has 4 nitrogen and oxygen atoms in total. The molecule has 0 radical (unpaired) electrons. The molecule has 0 amide bonds. The Balaban J connectivity index is 2.36. The molecular formula is C13H16FN3O. The molecule has 0 aliphatic rings. The van der Waals surface area contributed by atoms with E-state index in [-0.39, 0.29) is 17.6 Å². The van der Waals surface area contributed by atoms with Crippen LogP contribution in [-0.4, -0.2) is 23.7 Å². The Morgan fingerprint density at radius 2 is 2.22 bits per heavy atom. The molecule has 18 heavy (non-hydrogen) atoms. The van der Waals surface area contributed by atoms with Crippen molar-refractivity contribution in [2.45, 2.75) is 6.04 Å². The van der Waals surface area contributed by atoms with Crippen LogP contribution in [0.3, 0.4) is 0 Å². The molecular weight excluding hydrogens is 233 g/mol. The maximum atomic E-state index is 13.7. The summed E-state index contributed by atoms with van der Waals surface area (Å²) < 4.78 is 20.5. The van der Waals surface area contributed by atoms with Gasteiger partial charge in [-0.3, -0.25) is 0 Å². The van der Waals surface area contributed by atoms with Crippen molar-refractivity contribution in [3.05, 3.63) is 47.8 Å². The lowest BCUT2D eigenvalue weighted by atomic mass is 10.0. The van der Waals surface area contributed by atoms with E-state index in [0.717, 1.165) is 11.3 Å². The van der Waals surface area contributed by atoms with Gasteiger partial charge in [-0.15, -0.1) is 0 Å². The zero-order valence-electron chi connectivity index (χ0n) is 10.6. The molecule has 0 fully saturated rings. The predicted octanol–water partition coefficient (Wildman–Crippen LogP) is 1.88. The summed E-state index contributed by atoms with van der Waals surface area (Å²) in [5.74, 6) is -0.124. The summed E-state index contributed by atoms with van der Waals surface area (Å²) in [5, 5.41) is 3.13. The smallest absolute Gasteiger partial charge is 0.165 e. The van der Waals surface area contributed by atoms with Crippen molar-refractivity contribution in [3.63, 3.8) is 0 Å². The highest BCUT2D eigenvalue weighted by Crippen LogP contribution is 2.25. The van der Waals surface area contributed by atoms with Gasteiger partial charge in [0.2, 0.25) is 0 Å². The van der Waals surface area contributed by atoms with Crippen molar-refractivity contribution in [3.8, 4) is 5.75 Å². The Morgan fingerprint density at radius 3 is 2.72 bits per heavy atom. The van der Waals surface area contributed by atoms with Gasteiger partial charge in [-0.2, -0.15) is 0 Å². The summed E-state index contributed by atoms with van der Waals surface area (Å²) in [6, 6.07) is 4.79. The monoisotopic (exact) mass is 249 g/mol. The van der Waals surface area contributed by atoms with Crippen LogP contribution in [0.25, 0.3) is 0 Å². The number of imidazole rings is 1. The lowest BCUT2D eigenvalue weighted by Crippen LogP contribution is -2.18. The molecule has 2 aromatic rings. The lowest BCUT2D eigenvalue weighted by Gasteiger charge is -2.15. The maximum Gasteiger partial charge on any atom is 0.165 e. The minimum Gasteiger partial charge on any atom is -0.494 e. The SMILES string of the molecule is CNC(c1ccc(OC)c(F)c1)c1cn(C)cn1. The molecule has 5 heteroatoms. The fourth-order valence-corrected chi connectivity index (χ4v) is 1.93. The first-order valence-electron chi connectivity index (χ1n) is 5.64. The second-order valence-corrected chi connectivity index (χ2v) is 4.08. The Labute approximate surface area is 105 Å². The van der Waals surface area contributed by atoms with Crippen molar-refractivity contribution in [2.75, 3.05) is 14.2 Å². The van der Waals surface area contributed by atoms with Crippen molar-refractivity contribution in [2.24, 2.45) is 7.05 Å². The van der Waals surface area contributed by atoms with Crippen molar-refractivity contribution in [1.82, 2.24) is 14.9 Å². The van der Waals surface area contributed by atoms with Gasteiger partial charge in [-0.1, -0.05) is 6.07 Å². The van der Waals surface area contributed by atoms with E-state index in [9.17, 15) is 4.39 Å². The van der Waals surface area contributed by atoms with Crippen molar-refractivity contribution in [1.29, 1.82) is 0 Å². The van der Waals surface area contributed by atoms with Crippen LogP contribution in [0.5, 0.6) is 5.75 Å². The third-order valence-corrected chi connectivity index (χ3v) is 2.82. The van der Waals surface area contributed by atoms with Crippen LogP contribution in [-0.2, 0) is 7.05 Å². The molecule has 1 N–H and O–H groups in total. The third-order valence-electron chi connectivity index (χ3n) is 2.82. The van der Waals surface area contributed by atoms with Gasteiger partial charge in [0.05, 0.1) is 25.2 Å². The maximum absolute atomic E-state index is 13.7. The number of benzene rings is 1. The van der Waals surface area contributed by atoms with E-state index in [1.165, 1.54) is 13.2 Å². The van der Waals surface area contributed by atoms with Gasteiger partial charge in [-0.05, 0) is 24.7 Å². The highest BCUT2D eigenvalue weighted by Gasteiger charge is 2.16. The molecule has 1 heterocycles. The summed E-state index contributed by atoms with van der Waals surface area (Å²) in [4.78, 5) is 4.28. The van der Waals surface area contributed by atoms with Gasteiger partial charge in [0.1, 0.15) is 0 Å². The fourth-order valence-electron chi connectivity index (χ4n) is 1.93. The highest BCUT2D eigenvalue weighted by molar-refractivity contribution is 5.34. The first-order chi connectivity index (χ1) is 8.65. The minimum atomic E-state index is -0.369. The summed E-state index contributed by atoms with van der Waals surface area (Å²) in [7, 11) is 5.17. The lowest BCUT2D eigenvalue weighted by molar-refractivity contribution is 0.386. The first kappa shape index (κ1) is 12.6. The second kappa shape index (κ2) is 5.18. The number of aromatic nitrogens is 2. The number of aryl methyl sites for hydroxylation is 1. The number of ether oxygens (including phenoxy) is 1. The number of methoxy groups -OCH3 is 1. The Hall–Kier alpha value is -1.88. The topological polar surface area (TPSA) is 39.1 Å². The number of hydrogen-bond acceptors (Lipinski definition) is 3. The molecule has 1 unspecified atom stereocenters. The Bertz CT molecular complexity index is 539. The van der Waals surface area contributed by atoms with Crippen LogP contribution in [0, 0.1) is 5.82 Å². The van der Waals surface area contributed by atoms with Crippen LogP contribution in [0.1, 0.15) is 17.3 Å². The average Bonchev–Trinajstić information content (AvgIpc) is 2.77. The summed E-state index contributed by atoms with van der Waals surface area (Å²) in [6.07, 6.45) is 3.63. The highest BCUT2D eigenvalue weighted by atomic mass is 19.1. The number of halogens is 1. The summed E-state index contributed by atoms with van der Waals surface area (Å²) >= 11 is 0. The number of rotatable bonds is 4. The van der Waals surface area contributed by atoms with E-state index in [0.29, 0.717) is 0 Å². The zero-order valence-corrected chi connectivity index (χ0v) is 10.6. The van der Waals surface area contributed by atoms with Crippen LogP contribution >= 0.6 is 0 Å². The molecule has 0 saturated carbocycles. The largest absolute Gasteiger partial charge is 0.494 e. The van der Waals surface area contributed by atoms with Gasteiger partial charge >= 0.3 is 0 Å². The molecule has 0 spiro atoms. The molecule has 1 aromatic heterocycles. The zero-order chi connectivity index (χ0) is 13.1. The van der Waals surface area contributed by atoms with Gasteiger partial charge in [0, 0.05) is 13.2 Å². The number of nitrogens with one attached hydrogen (secondary N) is 1. The molecule has 0 saturated heterocycles. The van der Waals surface area contributed by atoms with E-state index in [1.54, 1.807) is 12.4 Å². The van der Waals surface area contributed by atoms with E-state index >= 15 is 0 Å².